The van der Waals surface area contributed by atoms with Crippen LogP contribution >= 0.6 is 0 Å². The van der Waals surface area contributed by atoms with Gasteiger partial charge in [-0.25, -0.2) is 9.97 Å². The average Bonchev–Trinajstić information content (AvgIpc) is 2.19. The first-order valence-corrected chi connectivity index (χ1v) is 4.14. The molecule has 0 atom stereocenters. The number of ether oxygens (including phenoxy) is 1. The molecule has 4 nitrogen and oxygen atoms in total. The van der Waals surface area contributed by atoms with Gasteiger partial charge < -0.3 is 10.5 Å². The third-order valence-corrected chi connectivity index (χ3v) is 1.64. The highest BCUT2D eigenvalue weighted by atomic mass is 16.5. The van der Waals surface area contributed by atoms with Crippen LogP contribution in [-0.2, 0) is 0 Å². The number of anilines is 1. The summed E-state index contributed by atoms with van der Waals surface area (Å²) in [6.45, 7) is 0. The molecule has 0 amide bonds. The Morgan fingerprint density at radius 2 is 2.14 bits per heavy atom. The van der Waals surface area contributed by atoms with Crippen LogP contribution in [0.1, 0.15) is 0 Å². The van der Waals surface area contributed by atoms with Gasteiger partial charge >= 0.3 is 0 Å². The Morgan fingerprint density at radius 3 is 2.86 bits per heavy atom. The van der Waals surface area contributed by atoms with Crippen molar-refractivity contribution in [3.63, 3.8) is 0 Å². The fourth-order valence-electron chi connectivity index (χ4n) is 1.04. The van der Waals surface area contributed by atoms with Crippen molar-refractivity contribution < 1.29 is 4.74 Å². The number of hydrogen-bond acceptors (Lipinski definition) is 4. The van der Waals surface area contributed by atoms with E-state index in [1.165, 1.54) is 6.33 Å². The largest absolute Gasteiger partial charge is 0.439 e. The second kappa shape index (κ2) is 3.74. The van der Waals surface area contributed by atoms with Gasteiger partial charge in [-0.2, -0.15) is 0 Å². The summed E-state index contributed by atoms with van der Waals surface area (Å²) in [5, 5.41) is 0. The molecular formula is C10H9N3O. The van der Waals surface area contributed by atoms with Crippen LogP contribution in [0.5, 0.6) is 11.6 Å². The minimum atomic E-state index is 0.505. The van der Waals surface area contributed by atoms with Gasteiger partial charge in [-0.3, -0.25) is 0 Å². The van der Waals surface area contributed by atoms with Crippen molar-refractivity contribution in [1.82, 2.24) is 9.97 Å². The Balaban J connectivity index is 2.19. The number of aromatic nitrogens is 2. The highest BCUT2D eigenvalue weighted by Gasteiger charge is 1.96. The molecule has 0 unspecified atom stereocenters. The van der Waals surface area contributed by atoms with Crippen molar-refractivity contribution in [3.05, 3.63) is 42.9 Å². The van der Waals surface area contributed by atoms with E-state index in [1.807, 2.05) is 12.1 Å². The first-order valence-electron chi connectivity index (χ1n) is 4.14. The molecule has 1 heterocycles. The number of nitrogen functional groups attached to an aromatic ring is 1. The van der Waals surface area contributed by atoms with E-state index in [2.05, 4.69) is 9.97 Å². The van der Waals surface area contributed by atoms with Crippen LogP contribution in [0.15, 0.2) is 42.9 Å². The van der Waals surface area contributed by atoms with Crippen LogP contribution < -0.4 is 10.5 Å². The fourth-order valence-corrected chi connectivity index (χ4v) is 1.04. The van der Waals surface area contributed by atoms with E-state index in [-0.39, 0.29) is 0 Å². The molecule has 0 aliphatic rings. The molecule has 0 aliphatic heterocycles. The van der Waals surface area contributed by atoms with E-state index in [4.69, 9.17) is 10.5 Å². The fraction of sp³-hybridized carbons (Fsp3) is 0. The van der Waals surface area contributed by atoms with Crippen molar-refractivity contribution in [2.24, 2.45) is 0 Å². The van der Waals surface area contributed by atoms with E-state index in [0.29, 0.717) is 17.3 Å². The SMILES string of the molecule is Nc1cccc(Oc2ccncn2)c1. The normalized spacial score (nSPS) is 9.71. The van der Waals surface area contributed by atoms with Crippen molar-refractivity contribution >= 4 is 5.69 Å². The summed E-state index contributed by atoms with van der Waals surface area (Å²) in [5.41, 5.74) is 6.26. The van der Waals surface area contributed by atoms with Gasteiger partial charge in [0.25, 0.3) is 0 Å². The quantitative estimate of drug-likeness (QED) is 0.729. The van der Waals surface area contributed by atoms with Crippen molar-refractivity contribution in [2.45, 2.75) is 0 Å². The minimum Gasteiger partial charge on any atom is -0.439 e. The monoisotopic (exact) mass is 187 g/mol. The second-order valence-corrected chi connectivity index (χ2v) is 2.72. The molecule has 2 rings (SSSR count). The maximum atomic E-state index is 5.60. The molecule has 0 saturated heterocycles. The number of benzene rings is 1. The molecule has 0 aliphatic carbocycles. The molecule has 0 radical (unpaired) electrons. The lowest BCUT2D eigenvalue weighted by Crippen LogP contribution is -1.89. The standard InChI is InChI=1S/C10H9N3O/c11-8-2-1-3-9(6-8)14-10-4-5-12-7-13-10/h1-7H,11H2. The van der Waals surface area contributed by atoms with Crippen LogP contribution in [0.25, 0.3) is 0 Å². The predicted octanol–water partition coefficient (Wildman–Crippen LogP) is 1.85. The Kier molecular flexibility index (Phi) is 2.27. The number of nitrogens with zero attached hydrogens (tertiary/aromatic N) is 2. The van der Waals surface area contributed by atoms with Crippen LogP contribution in [0, 0.1) is 0 Å². The Bertz CT molecular complexity index is 417. The zero-order valence-corrected chi connectivity index (χ0v) is 7.42. The van der Waals surface area contributed by atoms with Crippen LogP contribution in [0.3, 0.4) is 0 Å². The van der Waals surface area contributed by atoms with E-state index >= 15 is 0 Å². The van der Waals surface area contributed by atoms with Crippen molar-refractivity contribution in [2.75, 3.05) is 5.73 Å². The maximum Gasteiger partial charge on any atom is 0.222 e. The first kappa shape index (κ1) is 8.50. The van der Waals surface area contributed by atoms with Gasteiger partial charge in [0.2, 0.25) is 5.88 Å². The minimum absolute atomic E-state index is 0.505. The summed E-state index contributed by atoms with van der Waals surface area (Å²) in [6, 6.07) is 8.86. The molecule has 0 fully saturated rings. The molecule has 0 spiro atoms. The lowest BCUT2D eigenvalue weighted by Gasteiger charge is -2.03. The molecule has 1 aromatic heterocycles. The van der Waals surface area contributed by atoms with E-state index in [9.17, 15) is 0 Å². The molecule has 1 aromatic carbocycles. The Labute approximate surface area is 81.4 Å². The predicted molar refractivity (Wildman–Crippen MR) is 53.0 cm³/mol. The van der Waals surface area contributed by atoms with Gasteiger partial charge in [-0.05, 0) is 12.1 Å². The summed E-state index contributed by atoms with van der Waals surface area (Å²) >= 11 is 0. The summed E-state index contributed by atoms with van der Waals surface area (Å²) in [7, 11) is 0. The third kappa shape index (κ3) is 1.98. The molecule has 70 valence electrons. The third-order valence-electron chi connectivity index (χ3n) is 1.64. The molecule has 0 bridgehead atoms. The molecule has 0 saturated carbocycles. The van der Waals surface area contributed by atoms with Crippen LogP contribution in [0.2, 0.25) is 0 Å². The number of rotatable bonds is 2. The molecule has 4 heteroatoms. The second-order valence-electron chi connectivity index (χ2n) is 2.72. The summed E-state index contributed by atoms with van der Waals surface area (Å²) < 4.78 is 5.43. The maximum absolute atomic E-state index is 5.60. The Morgan fingerprint density at radius 1 is 1.21 bits per heavy atom. The van der Waals surface area contributed by atoms with Gasteiger partial charge in [0.15, 0.2) is 0 Å². The molecule has 2 aromatic rings. The topological polar surface area (TPSA) is 61.0 Å². The molecule has 2 N–H and O–H groups in total. The van der Waals surface area contributed by atoms with Crippen molar-refractivity contribution in [1.29, 1.82) is 0 Å². The Hall–Kier alpha value is -2.10. The van der Waals surface area contributed by atoms with Gasteiger partial charge in [-0.15, -0.1) is 0 Å². The lowest BCUT2D eigenvalue weighted by molar-refractivity contribution is 0.462. The van der Waals surface area contributed by atoms with E-state index < -0.39 is 0 Å². The van der Waals surface area contributed by atoms with Gasteiger partial charge in [-0.1, -0.05) is 6.07 Å². The van der Waals surface area contributed by atoms with E-state index in [1.54, 1.807) is 24.4 Å². The van der Waals surface area contributed by atoms with Crippen LogP contribution in [0.4, 0.5) is 5.69 Å². The highest BCUT2D eigenvalue weighted by molar-refractivity contribution is 5.44. The lowest BCUT2D eigenvalue weighted by atomic mass is 10.3. The number of hydrogen-bond donors (Lipinski definition) is 1. The summed E-state index contributed by atoms with van der Waals surface area (Å²) in [6.07, 6.45) is 3.05. The van der Waals surface area contributed by atoms with E-state index in [0.717, 1.165) is 0 Å². The number of nitrogens with two attached hydrogens (primary N) is 1. The van der Waals surface area contributed by atoms with Gasteiger partial charge in [0.1, 0.15) is 12.1 Å². The molecular weight excluding hydrogens is 178 g/mol. The van der Waals surface area contributed by atoms with Gasteiger partial charge in [0, 0.05) is 24.0 Å². The van der Waals surface area contributed by atoms with Crippen molar-refractivity contribution in [3.8, 4) is 11.6 Å². The van der Waals surface area contributed by atoms with Gasteiger partial charge in [0.05, 0.1) is 0 Å². The average molecular weight is 187 g/mol. The first-order chi connectivity index (χ1) is 6.84. The highest BCUT2D eigenvalue weighted by Crippen LogP contribution is 2.20. The van der Waals surface area contributed by atoms with Crippen LogP contribution in [-0.4, -0.2) is 9.97 Å². The molecule has 14 heavy (non-hydrogen) atoms. The summed E-state index contributed by atoms with van der Waals surface area (Å²) in [5.74, 6) is 1.18. The smallest absolute Gasteiger partial charge is 0.222 e. The zero-order chi connectivity index (χ0) is 9.80. The summed E-state index contributed by atoms with van der Waals surface area (Å²) in [4.78, 5) is 7.72. The zero-order valence-electron chi connectivity index (χ0n) is 7.42.